The first-order valence-electron chi connectivity index (χ1n) is 9.46. The van der Waals surface area contributed by atoms with Crippen LogP contribution in [0.4, 0.5) is 0 Å². The van der Waals surface area contributed by atoms with Crippen LogP contribution in [0.3, 0.4) is 0 Å². The average Bonchev–Trinajstić information content (AvgIpc) is 2.75. The smallest absolute Gasteiger partial charge is 0.338 e. The molecule has 2 N–H and O–H groups in total. The third kappa shape index (κ3) is 8.05. The van der Waals surface area contributed by atoms with Crippen molar-refractivity contribution < 1.29 is 9.53 Å². The highest BCUT2D eigenvalue weighted by Gasteiger charge is 2.08. The summed E-state index contributed by atoms with van der Waals surface area (Å²) >= 11 is 1.87. The Balaban J connectivity index is 1.80. The van der Waals surface area contributed by atoms with Crippen LogP contribution in [0.2, 0.25) is 0 Å². The van der Waals surface area contributed by atoms with Crippen LogP contribution in [-0.2, 0) is 17.9 Å². The number of carbonyl (C=O) groups excluding carboxylic acids is 1. The number of aliphatic imine (C=N–C) groups is 1. The summed E-state index contributed by atoms with van der Waals surface area (Å²) in [7, 11) is 1.76. The van der Waals surface area contributed by atoms with Gasteiger partial charge in [0.2, 0.25) is 0 Å². The van der Waals surface area contributed by atoms with Crippen LogP contribution in [-0.4, -0.2) is 37.5 Å². The molecular weight excluding hydrogens is 370 g/mol. The molecular formula is C22H29N3O2S. The summed E-state index contributed by atoms with van der Waals surface area (Å²) < 4.78 is 5.40. The fourth-order valence-electron chi connectivity index (χ4n) is 2.60. The highest BCUT2D eigenvalue weighted by molar-refractivity contribution is 7.98. The Morgan fingerprint density at radius 3 is 2.57 bits per heavy atom. The van der Waals surface area contributed by atoms with Crippen molar-refractivity contribution in [3.05, 3.63) is 71.3 Å². The molecule has 6 heteroatoms. The van der Waals surface area contributed by atoms with E-state index in [1.54, 1.807) is 13.1 Å². The van der Waals surface area contributed by atoms with E-state index in [4.69, 9.17) is 4.74 Å². The van der Waals surface area contributed by atoms with Crippen LogP contribution in [0.5, 0.6) is 0 Å². The number of benzene rings is 2. The average molecular weight is 400 g/mol. The summed E-state index contributed by atoms with van der Waals surface area (Å²) in [5.41, 5.74) is 2.52. The van der Waals surface area contributed by atoms with E-state index in [0.29, 0.717) is 12.1 Å². The first kappa shape index (κ1) is 21.8. The van der Waals surface area contributed by atoms with Crippen LogP contribution in [0.1, 0.15) is 34.3 Å². The van der Waals surface area contributed by atoms with E-state index in [1.165, 1.54) is 12.2 Å². The Bertz CT molecular complexity index is 750. The maximum Gasteiger partial charge on any atom is 0.338 e. The van der Waals surface area contributed by atoms with Crippen LogP contribution in [0.15, 0.2) is 59.6 Å². The van der Waals surface area contributed by atoms with E-state index in [1.807, 2.05) is 60.3 Å². The van der Waals surface area contributed by atoms with Gasteiger partial charge in [-0.25, -0.2) is 4.79 Å². The topological polar surface area (TPSA) is 62.7 Å². The predicted octanol–water partition coefficient (Wildman–Crippen LogP) is 3.85. The zero-order valence-electron chi connectivity index (χ0n) is 16.6. The molecule has 28 heavy (non-hydrogen) atoms. The molecule has 0 heterocycles. The minimum absolute atomic E-state index is 0.273. The molecule has 0 radical (unpaired) electrons. The molecule has 2 aromatic carbocycles. The molecule has 2 rings (SSSR count). The highest BCUT2D eigenvalue weighted by atomic mass is 32.2. The van der Waals surface area contributed by atoms with Crippen LogP contribution >= 0.6 is 11.8 Å². The van der Waals surface area contributed by atoms with Gasteiger partial charge in [0.1, 0.15) is 6.61 Å². The number of guanidine groups is 1. The molecule has 0 unspecified atom stereocenters. The SMILES string of the molecule is CN=C(NCCCCSC)NCc1cccc(C(=O)OCc2ccccc2)c1. The molecule has 0 fully saturated rings. The van der Waals surface area contributed by atoms with Gasteiger partial charge in [0.15, 0.2) is 5.96 Å². The summed E-state index contributed by atoms with van der Waals surface area (Å²) in [5.74, 6) is 1.63. The van der Waals surface area contributed by atoms with Crippen molar-refractivity contribution in [2.24, 2.45) is 4.99 Å². The molecule has 0 spiro atoms. The van der Waals surface area contributed by atoms with E-state index in [9.17, 15) is 4.79 Å². The fraction of sp³-hybridized carbons (Fsp3) is 0.364. The van der Waals surface area contributed by atoms with Gasteiger partial charge in [-0.05, 0) is 48.1 Å². The van der Waals surface area contributed by atoms with Gasteiger partial charge in [0.25, 0.3) is 0 Å². The number of ether oxygens (including phenoxy) is 1. The molecule has 5 nitrogen and oxygen atoms in total. The number of nitrogens with one attached hydrogen (secondary N) is 2. The van der Waals surface area contributed by atoms with Crippen molar-refractivity contribution in [1.82, 2.24) is 10.6 Å². The predicted molar refractivity (Wildman–Crippen MR) is 118 cm³/mol. The Labute approximate surface area is 172 Å². The molecule has 0 amide bonds. The van der Waals surface area contributed by atoms with Gasteiger partial charge in [0, 0.05) is 20.1 Å². The number of thioether (sulfide) groups is 1. The van der Waals surface area contributed by atoms with Crippen LogP contribution in [0, 0.1) is 0 Å². The molecule has 0 saturated heterocycles. The molecule has 0 aliphatic heterocycles. The summed E-state index contributed by atoms with van der Waals surface area (Å²) in [4.78, 5) is 16.6. The Hall–Kier alpha value is -2.47. The lowest BCUT2D eigenvalue weighted by atomic mass is 10.1. The molecule has 0 bridgehead atoms. The first-order valence-corrected chi connectivity index (χ1v) is 10.9. The second-order valence-corrected chi connectivity index (χ2v) is 7.30. The van der Waals surface area contributed by atoms with Crippen molar-refractivity contribution in [3.63, 3.8) is 0 Å². The van der Waals surface area contributed by atoms with Gasteiger partial charge in [-0.3, -0.25) is 4.99 Å². The van der Waals surface area contributed by atoms with E-state index >= 15 is 0 Å². The molecule has 0 saturated carbocycles. The fourth-order valence-corrected chi connectivity index (χ4v) is 3.09. The second-order valence-electron chi connectivity index (χ2n) is 6.31. The lowest BCUT2D eigenvalue weighted by Crippen LogP contribution is -2.37. The highest BCUT2D eigenvalue weighted by Crippen LogP contribution is 2.09. The summed E-state index contributed by atoms with van der Waals surface area (Å²) in [6.45, 7) is 1.76. The van der Waals surface area contributed by atoms with Crippen LogP contribution < -0.4 is 10.6 Å². The van der Waals surface area contributed by atoms with Crippen molar-refractivity contribution in [2.45, 2.75) is 26.0 Å². The second kappa shape index (κ2) is 12.8. The van der Waals surface area contributed by atoms with Crippen molar-refractivity contribution in [2.75, 3.05) is 25.6 Å². The van der Waals surface area contributed by atoms with E-state index in [2.05, 4.69) is 21.9 Å². The standard InChI is InChI=1S/C22H29N3O2S/c1-23-22(24-13-6-7-14-28-2)25-16-19-11-8-12-20(15-19)21(26)27-17-18-9-4-3-5-10-18/h3-5,8-12,15H,6-7,13-14,16-17H2,1-2H3,(H2,23,24,25). The Morgan fingerprint density at radius 1 is 1.04 bits per heavy atom. The minimum atomic E-state index is -0.318. The largest absolute Gasteiger partial charge is 0.457 e. The quantitative estimate of drug-likeness (QED) is 0.275. The van der Waals surface area contributed by atoms with Gasteiger partial charge in [-0.2, -0.15) is 11.8 Å². The minimum Gasteiger partial charge on any atom is -0.457 e. The lowest BCUT2D eigenvalue weighted by molar-refractivity contribution is 0.0472. The molecule has 0 aliphatic carbocycles. The molecule has 0 aliphatic rings. The number of esters is 1. The third-order valence-electron chi connectivity index (χ3n) is 4.13. The number of hydrogen-bond donors (Lipinski definition) is 2. The van der Waals surface area contributed by atoms with Crippen molar-refractivity contribution >= 4 is 23.7 Å². The normalized spacial score (nSPS) is 11.1. The van der Waals surface area contributed by atoms with Crippen LogP contribution in [0.25, 0.3) is 0 Å². The van der Waals surface area contributed by atoms with E-state index < -0.39 is 0 Å². The Morgan fingerprint density at radius 2 is 1.82 bits per heavy atom. The van der Waals surface area contributed by atoms with Gasteiger partial charge in [-0.15, -0.1) is 0 Å². The first-order chi connectivity index (χ1) is 13.7. The van der Waals surface area contributed by atoms with Crippen molar-refractivity contribution in [1.29, 1.82) is 0 Å². The maximum atomic E-state index is 12.3. The summed E-state index contributed by atoms with van der Waals surface area (Å²) in [5, 5.41) is 6.59. The third-order valence-corrected chi connectivity index (χ3v) is 4.82. The van der Waals surface area contributed by atoms with Gasteiger partial charge in [-0.1, -0.05) is 42.5 Å². The molecule has 0 atom stereocenters. The van der Waals surface area contributed by atoms with E-state index in [0.717, 1.165) is 30.1 Å². The van der Waals surface area contributed by atoms with Gasteiger partial charge in [0.05, 0.1) is 5.56 Å². The number of rotatable bonds is 10. The van der Waals surface area contributed by atoms with E-state index in [-0.39, 0.29) is 12.6 Å². The maximum absolute atomic E-state index is 12.3. The number of hydrogen-bond acceptors (Lipinski definition) is 4. The monoisotopic (exact) mass is 399 g/mol. The molecule has 0 aromatic heterocycles. The van der Waals surface area contributed by atoms with Gasteiger partial charge < -0.3 is 15.4 Å². The summed E-state index contributed by atoms with van der Waals surface area (Å²) in [6.07, 6.45) is 4.43. The number of unbranched alkanes of at least 4 members (excludes halogenated alkanes) is 1. The Kier molecular flexibility index (Phi) is 10.0. The number of carbonyl (C=O) groups is 1. The zero-order chi connectivity index (χ0) is 20.0. The van der Waals surface area contributed by atoms with Gasteiger partial charge >= 0.3 is 5.97 Å². The zero-order valence-corrected chi connectivity index (χ0v) is 17.4. The molecule has 150 valence electrons. The lowest BCUT2D eigenvalue weighted by Gasteiger charge is -2.12. The number of nitrogens with zero attached hydrogens (tertiary/aromatic N) is 1. The van der Waals surface area contributed by atoms with Crippen molar-refractivity contribution in [3.8, 4) is 0 Å². The summed E-state index contributed by atoms with van der Waals surface area (Å²) in [6, 6.07) is 17.1. The molecule has 2 aromatic rings.